The van der Waals surface area contributed by atoms with Crippen molar-refractivity contribution in [2.45, 2.75) is 6.54 Å². The predicted molar refractivity (Wildman–Crippen MR) is 97.7 cm³/mol. The summed E-state index contributed by atoms with van der Waals surface area (Å²) in [7, 11) is 0. The Bertz CT molecular complexity index is 817. The van der Waals surface area contributed by atoms with E-state index in [1.54, 1.807) is 0 Å². The fraction of sp³-hybridized carbons (Fsp3) is 0.100. The molecule has 0 N–H and O–H groups in total. The number of hydrogen-bond donors (Lipinski definition) is 0. The van der Waals surface area contributed by atoms with Crippen molar-refractivity contribution in [2.24, 2.45) is 0 Å². The molecule has 0 fully saturated rings. The first-order valence-electron chi connectivity index (χ1n) is 7.39. The Morgan fingerprint density at radius 2 is 1.59 bits per heavy atom. The summed E-state index contributed by atoms with van der Waals surface area (Å²) in [6.07, 6.45) is 4.46. The SMILES string of the molecule is C1=Cc2ccccc2N(Cc2cccc3ccccc23)C1.Cl. The minimum atomic E-state index is 0. The second kappa shape index (κ2) is 6.25. The molecule has 0 radical (unpaired) electrons. The van der Waals surface area contributed by atoms with Crippen molar-refractivity contribution in [3.05, 3.63) is 83.9 Å². The first kappa shape index (κ1) is 14.7. The van der Waals surface area contributed by atoms with Gasteiger partial charge in [-0.2, -0.15) is 0 Å². The third kappa shape index (κ3) is 2.60. The molecule has 3 aromatic carbocycles. The van der Waals surface area contributed by atoms with E-state index in [9.17, 15) is 0 Å². The van der Waals surface area contributed by atoms with Gasteiger partial charge in [-0.1, -0.05) is 72.8 Å². The molecule has 3 aromatic rings. The molecule has 0 aliphatic carbocycles. The largest absolute Gasteiger partial charge is 0.363 e. The van der Waals surface area contributed by atoms with Gasteiger partial charge in [0.1, 0.15) is 0 Å². The molecule has 22 heavy (non-hydrogen) atoms. The van der Waals surface area contributed by atoms with Gasteiger partial charge < -0.3 is 4.90 Å². The summed E-state index contributed by atoms with van der Waals surface area (Å²) in [6, 6.07) is 23.8. The van der Waals surface area contributed by atoms with Crippen molar-refractivity contribution >= 4 is 34.9 Å². The predicted octanol–water partition coefficient (Wildman–Crippen LogP) is 5.30. The van der Waals surface area contributed by atoms with E-state index in [1.807, 2.05) is 0 Å². The molecule has 0 unspecified atom stereocenters. The molecule has 1 nitrogen and oxygen atoms in total. The van der Waals surface area contributed by atoms with E-state index < -0.39 is 0 Å². The Balaban J connectivity index is 0.00000144. The molecule has 0 saturated carbocycles. The van der Waals surface area contributed by atoms with Gasteiger partial charge in [0.2, 0.25) is 0 Å². The van der Waals surface area contributed by atoms with E-state index >= 15 is 0 Å². The summed E-state index contributed by atoms with van der Waals surface area (Å²) >= 11 is 0. The van der Waals surface area contributed by atoms with Crippen molar-refractivity contribution in [2.75, 3.05) is 11.4 Å². The lowest BCUT2D eigenvalue weighted by atomic mass is 10.0. The van der Waals surface area contributed by atoms with Crippen LogP contribution < -0.4 is 4.90 Å². The number of hydrogen-bond acceptors (Lipinski definition) is 1. The highest BCUT2D eigenvalue weighted by Gasteiger charge is 2.13. The summed E-state index contributed by atoms with van der Waals surface area (Å²) in [5.41, 5.74) is 4.02. The van der Waals surface area contributed by atoms with Gasteiger partial charge in [0.05, 0.1) is 0 Å². The maximum absolute atomic E-state index is 2.44. The van der Waals surface area contributed by atoms with Crippen LogP contribution in [0.4, 0.5) is 5.69 Å². The third-order valence-corrected chi connectivity index (χ3v) is 4.14. The number of benzene rings is 3. The van der Waals surface area contributed by atoms with E-state index in [1.165, 1.54) is 27.6 Å². The van der Waals surface area contributed by atoms with E-state index in [0.29, 0.717) is 0 Å². The Morgan fingerprint density at radius 1 is 0.818 bits per heavy atom. The van der Waals surface area contributed by atoms with Crippen LogP contribution in [0.25, 0.3) is 16.8 Å². The molecule has 1 aliphatic heterocycles. The number of nitrogens with zero attached hydrogens (tertiary/aromatic N) is 1. The molecule has 1 heterocycles. The fourth-order valence-corrected chi connectivity index (χ4v) is 3.11. The highest BCUT2D eigenvalue weighted by molar-refractivity contribution is 5.86. The Labute approximate surface area is 137 Å². The molecule has 1 aliphatic rings. The second-order valence-corrected chi connectivity index (χ2v) is 5.48. The zero-order chi connectivity index (χ0) is 14.1. The zero-order valence-electron chi connectivity index (χ0n) is 12.3. The van der Waals surface area contributed by atoms with Crippen molar-refractivity contribution in [1.82, 2.24) is 0 Å². The maximum atomic E-state index is 2.44. The van der Waals surface area contributed by atoms with Gasteiger partial charge in [-0.3, -0.25) is 0 Å². The number of halogens is 1. The Morgan fingerprint density at radius 3 is 2.55 bits per heavy atom. The van der Waals surface area contributed by atoms with Crippen molar-refractivity contribution in [1.29, 1.82) is 0 Å². The number of rotatable bonds is 2. The lowest BCUT2D eigenvalue weighted by Crippen LogP contribution is -2.25. The highest BCUT2D eigenvalue weighted by Crippen LogP contribution is 2.28. The molecule has 110 valence electrons. The van der Waals surface area contributed by atoms with Crippen LogP contribution in [0.15, 0.2) is 72.8 Å². The van der Waals surface area contributed by atoms with Gasteiger partial charge in [0, 0.05) is 18.8 Å². The van der Waals surface area contributed by atoms with Crippen LogP contribution in [0.2, 0.25) is 0 Å². The molecule has 0 saturated heterocycles. The summed E-state index contributed by atoms with van der Waals surface area (Å²) < 4.78 is 0. The lowest BCUT2D eigenvalue weighted by Gasteiger charge is -2.28. The quantitative estimate of drug-likeness (QED) is 0.621. The summed E-state index contributed by atoms with van der Waals surface area (Å²) in [6.45, 7) is 1.92. The average molecular weight is 308 g/mol. The Hall–Kier alpha value is -2.25. The summed E-state index contributed by atoms with van der Waals surface area (Å²) in [4.78, 5) is 2.44. The van der Waals surface area contributed by atoms with Gasteiger partial charge in [0.25, 0.3) is 0 Å². The smallest absolute Gasteiger partial charge is 0.0445 e. The van der Waals surface area contributed by atoms with Crippen LogP contribution in [0, 0.1) is 0 Å². The van der Waals surface area contributed by atoms with Crippen LogP contribution in [0.3, 0.4) is 0 Å². The molecule has 0 spiro atoms. The molecule has 0 amide bonds. The van der Waals surface area contributed by atoms with Gasteiger partial charge in [-0.25, -0.2) is 0 Å². The monoisotopic (exact) mass is 307 g/mol. The number of para-hydroxylation sites is 1. The van der Waals surface area contributed by atoms with Crippen LogP contribution in [0.1, 0.15) is 11.1 Å². The standard InChI is InChI=1S/C20H17N.ClH/c1-3-12-19-16(7-1)9-5-10-18(19)15-21-14-6-11-17-8-2-4-13-20(17)21;/h1-13H,14-15H2;1H. The molecule has 4 rings (SSSR count). The van der Waals surface area contributed by atoms with Gasteiger partial charge in [-0.15, -0.1) is 12.4 Å². The molecule has 0 atom stereocenters. The van der Waals surface area contributed by atoms with E-state index in [4.69, 9.17) is 0 Å². The fourth-order valence-electron chi connectivity index (χ4n) is 3.11. The Kier molecular flexibility index (Phi) is 4.17. The second-order valence-electron chi connectivity index (χ2n) is 5.48. The highest BCUT2D eigenvalue weighted by atomic mass is 35.5. The van der Waals surface area contributed by atoms with Gasteiger partial charge in [0.15, 0.2) is 0 Å². The topological polar surface area (TPSA) is 3.24 Å². The van der Waals surface area contributed by atoms with Gasteiger partial charge >= 0.3 is 0 Å². The molecular formula is C20H18ClN. The number of fused-ring (bicyclic) bond motifs is 2. The van der Waals surface area contributed by atoms with Crippen LogP contribution in [-0.2, 0) is 6.54 Å². The normalized spacial score (nSPS) is 12.8. The van der Waals surface area contributed by atoms with Crippen LogP contribution in [-0.4, -0.2) is 6.54 Å². The molecule has 0 aromatic heterocycles. The molecular weight excluding hydrogens is 290 g/mol. The molecule has 2 heteroatoms. The number of anilines is 1. The van der Waals surface area contributed by atoms with E-state index in [0.717, 1.165) is 13.1 Å². The minimum absolute atomic E-state index is 0. The third-order valence-electron chi connectivity index (χ3n) is 4.14. The maximum Gasteiger partial charge on any atom is 0.0445 e. The summed E-state index contributed by atoms with van der Waals surface area (Å²) in [5.74, 6) is 0. The van der Waals surface area contributed by atoms with Crippen LogP contribution >= 0.6 is 12.4 Å². The van der Waals surface area contributed by atoms with Crippen LogP contribution in [0.5, 0.6) is 0 Å². The first-order valence-corrected chi connectivity index (χ1v) is 7.39. The minimum Gasteiger partial charge on any atom is -0.363 e. The average Bonchev–Trinajstić information content (AvgIpc) is 2.56. The van der Waals surface area contributed by atoms with Crippen molar-refractivity contribution < 1.29 is 0 Å². The van der Waals surface area contributed by atoms with Gasteiger partial charge in [-0.05, 0) is 28.0 Å². The zero-order valence-corrected chi connectivity index (χ0v) is 13.1. The first-order chi connectivity index (χ1) is 10.4. The molecule has 0 bridgehead atoms. The van der Waals surface area contributed by atoms with Crippen molar-refractivity contribution in [3.63, 3.8) is 0 Å². The van der Waals surface area contributed by atoms with E-state index in [2.05, 4.69) is 83.8 Å². The lowest BCUT2D eigenvalue weighted by molar-refractivity contribution is 0.866. The van der Waals surface area contributed by atoms with Crippen molar-refractivity contribution in [3.8, 4) is 0 Å². The van der Waals surface area contributed by atoms with E-state index in [-0.39, 0.29) is 12.4 Å². The summed E-state index contributed by atoms with van der Waals surface area (Å²) in [5, 5.41) is 2.67.